The molecule has 0 aliphatic heterocycles. The third-order valence-corrected chi connectivity index (χ3v) is 7.00. The van der Waals surface area contributed by atoms with Crippen LogP contribution in [0.25, 0.3) is 11.0 Å². The topological polar surface area (TPSA) is 73.2 Å². The number of hydrogen-bond donors (Lipinski definition) is 1. The molecule has 1 N–H and O–H groups in total. The molecule has 1 heterocycles. The van der Waals surface area contributed by atoms with E-state index in [-0.39, 0.29) is 17.5 Å². The Hall–Kier alpha value is -3.00. The summed E-state index contributed by atoms with van der Waals surface area (Å²) in [6.07, 6.45) is 0.390. The van der Waals surface area contributed by atoms with Crippen LogP contribution in [-0.4, -0.2) is 37.7 Å². The van der Waals surface area contributed by atoms with Crippen molar-refractivity contribution in [2.24, 2.45) is 0 Å². The third-order valence-electron chi connectivity index (χ3n) is 5.56. The van der Waals surface area contributed by atoms with Crippen molar-refractivity contribution < 1.29 is 13.2 Å². The fourth-order valence-electron chi connectivity index (χ4n) is 3.75. The minimum atomic E-state index is -3.63. The average Bonchev–Trinajstić information content (AvgIpc) is 3.12. The SMILES string of the molecule is CO[C@@H](CNS(=O)(=O)c1ccc(Cn2c(C)nc3ccccc32)cc1)Cc1ccccc1. The predicted molar refractivity (Wildman–Crippen MR) is 126 cm³/mol. The quantitative estimate of drug-likeness (QED) is 0.420. The summed E-state index contributed by atoms with van der Waals surface area (Å²) in [4.78, 5) is 4.83. The largest absolute Gasteiger partial charge is 0.380 e. The molecule has 0 saturated heterocycles. The summed E-state index contributed by atoms with van der Waals surface area (Å²) in [6, 6.07) is 24.9. The van der Waals surface area contributed by atoms with E-state index in [0.29, 0.717) is 13.0 Å². The molecule has 0 unspecified atom stereocenters. The van der Waals surface area contributed by atoms with Crippen LogP contribution in [0.4, 0.5) is 0 Å². The Morgan fingerprint density at radius 3 is 2.34 bits per heavy atom. The molecule has 0 bridgehead atoms. The van der Waals surface area contributed by atoms with Gasteiger partial charge in [-0.2, -0.15) is 0 Å². The van der Waals surface area contributed by atoms with Crippen molar-refractivity contribution in [3.63, 3.8) is 0 Å². The second kappa shape index (κ2) is 9.65. The van der Waals surface area contributed by atoms with E-state index in [0.717, 1.165) is 28.0 Å². The molecular formula is C25H27N3O3S. The van der Waals surface area contributed by atoms with Crippen molar-refractivity contribution >= 4 is 21.1 Å². The number of hydrogen-bond acceptors (Lipinski definition) is 4. The molecule has 6 nitrogen and oxygen atoms in total. The first-order valence-corrected chi connectivity index (χ1v) is 12.0. The van der Waals surface area contributed by atoms with E-state index in [9.17, 15) is 8.42 Å². The summed E-state index contributed by atoms with van der Waals surface area (Å²) in [5.74, 6) is 0.925. The molecule has 3 aromatic carbocycles. The summed E-state index contributed by atoms with van der Waals surface area (Å²) >= 11 is 0. The summed E-state index contributed by atoms with van der Waals surface area (Å²) < 4.78 is 35.8. The van der Waals surface area contributed by atoms with Crippen molar-refractivity contribution in [1.29, 1.82) is 0 Å². The molecule has 0 spiro atoms. The summed E-state index contributed by atoms with van der Waals surface area (Å²) in [7, 11) is -2.03. The monoisotopic (exact) mass is 449 g/mol. The van der Waals surface area contributed by atoms with E-state index in [2.05, 4.69) is 14.3 Å². The zero-order valence-corrected chi connectivity index (χ0v) is 19.0. The maximum atomic E-state index is 12.8. The predicted octanol–water partition coefficient (Wildman–Crippen LogP) is 3.93. The standard InChI is InChI=1S/C25H27N3O3S/c1-19-27-24-10-6-7-11-25(24)28(19)18-21-12-14-23(15-13-21)32(29,30)26-17-22(31-2)16-20-8-4-3-5-9-20/h3-15,22,26H,16-18H2,1-2H3/t22-/m1/s1. The van der Waals surface area contributed by atoms with E-state index >= 15 is 0 Å². The number of methoxy groups -OCH3 is 1. The zero-order valence-electron chi connectivity index (χ0n) is 18.2. The Bertz CT molecular complexity index is 1280. The number of nitrogens with one attached hydrogen (secondary N) is 1. The molecule has 0 aliphatic rings. The minimum Gasteiger partial charge on any atom is -0.380 e. The molecule has 0 fully saturated rings. The van der Waals surface area contributed by atoms with Crippen LogP contribution in [0.1, 0.15) is 17.0 Å². The number of benzene rings is 3. The number of aryl methyl sites for hydroxylation is 1. The number of rotatable bonds is 9. The molecule has 4 rings (SSSR count). The van der Waals surface area contributed by atoms with Crippen molar-refractivity contribution in [1.82, 2.24) is 14.3 Å². The van der Waals surface area contributed by atoms with E-state index in [1.807, 2.05) is 73.7 Å². The molecule has 1 atom stereocenters. The lowest BCUT2D eigenvalue weighted by Crippen LogP contribution is -2.34. The summed E-state index contributed by atoms with van der Waals surface area (Å²) in [5.41, 5.74) is 4.13. The Balaban J connectivity index is 1.42. The maximum absolute atomic E-state index is 12.8. The molecule has 7 heteroatoms. The van der Waals surface area contributed by atoms with Gasteiger partial charge in [0, 0.05) is 20.2 Å². The lowest BCUT2D eigenvalue weighted by atomic mass is 10.1. The van der Waals surface area contributed by atoms with Crippen LogP contribution in [0.15, 0.2) is 83.8 Å². The van der Waals surface area contributed by atoms with Crippen LogP contribution < -0.4 is 4.72 Å². The minimum absolute atomic E-state index is 0.204. The molecule has 0 amide bonds. The van der Waals surface area contributed by atoms with Gasteiger partial charge in [0.25, 0.3) is 0 Å². The number of aromatic nitrogens is 2. The van der Waals surface area contributed by atoms with Gasteiger partial charge in [-0.15, -0.1) is 0 Å². The fraction of sp³-hybridized carbons (Fsp3) is 0.240. The Labute approximate surface area is 188 Å². The van der Waals surface area contributed by atoms with Crippen molar-refractivity contribution in [2.45, 2.75) is 30.9 Å². The number of imidazole rings is 1. The van der Waals surface area contributed by atoms with Gasteiger partial charge >= 0.3 is 0 Å². The molecule has 32 heavy (non-hydrogen) atoms. The van der Waals surface area contributed by atoms with Crippen LogP contribution >= 0.6 is 0 Å². The zero-order chi connectivity index (χ0) is 22.6. The van der Waals surface area contributed by atoms with Gasteiger partial charge in [-0.25, -0.2) is 18.1 Å². The molecule has 4 aromatic rings. The highest BCUT2D eigenvalue weighted by Crippen LogP contribution is 2.18. The van der Waals surface area contributed by atoms with E-state index in [1.54, 1.807) is 19.2 Å². The number of para-hydroxylation sites is 2. The molecule has 0 saturated carbocycles. The smallest absolute Gasteiger partial charge is 0.240 e. The van der Waals surface area contributed by atoms with Crippen LogP contribution in [0.2, 0.25) is 0 Å². The molecule has 166 valence electrons. The van der Waals surface area contributed by atoms with Gasteiger partial charge in [-0.05, 0) is 48.7 Å². The normalized spacial score (nSPS) is 12.8. The molecule has 0 aliphatic carbocycles. The van der Waals surface area contributed by atoms with Gasteiger partial charge in [-0.3, -0.25) is 0 Å². The van der Waals surface area contributed by atoms with Gasteiger partial charge in [-0.1, -0.05) is 54.6 Å². The van der Waals surface area contributed by atoms with Crippen molar-refractivity contribution in [3.8, 4) is 0 Å². The van der Waals surface area contributed by atoms with Gasteiger partial charge in [0.2, 0.25) is 10.0 Å². The Morgan fingerprint density at radius 1 is 0.938 bits per heavy atom. The highest BCUT2D eigenvalue weighted by molar-refractivity contribution is 7.89. The first-order chi connectivity index (χ1) is 15.5. The van der Waals surface area contributed by atoms with Gasteiger partial charge in [0.15, 0.2) is 0 Å². The number of fused-ring (bicyclic) bond motifs is 1. The number of nitrogens with zero attached hydrogens (tertiary/aromatic N) is 2. The van der Waals surface area contributed by atoms with E-state index < -0.39 is 10.0 Å². The lowest BCUT2D eigenvalue weighted by molar-refractivity contribution is 0.107. The first-order valence-electron chi connectivity index (χ1n) is 10.5. The van der Waals surface area contributed by atoms with Crippen LogP contribution in [0.5, 0.6) is 0 Å². The highest BCUT2D eigenvalue weighted by atomic mass is 32.2. The number of ether oxygens (including phenoxy) is 1. The van der Waals surface area contributed by atoms with Crippen molar-refractivity contribution in [2.75, 3.05) is 13.7 Å². The number of sulfonamides is 1. The molecule has 1 aromatic heterocycles. The second-order valence-electron chi connectivity index (χ2n) is 7.78. The van der Waals surface area contributed by atoms with Crippen LogP contribution in [0, 0.1) is 6.92 Å². The molecular weight excluding hydrogens is 422 g/mol. The first kappa shape index (κ1) is 22.2. The average molecular weight is 450 g/mol. The summed E-state index contributed by atoms with van der Waals surface area (Å²) in [6.45, 7) is 2.81. The van der Waals surface area contributed by atoms with E-state index in [1.165, 1.54) is 0 Å². The lowest BCUT2D eigenvalue weighted by Gasteiger charge is -2.16. The van der Waals surface area contributed by atoms with Crippen molar-refractivity contribution in [3.05, 3.63) is 95.8 Å². The third kappa shape index (κ3) is 5.07. The van der Waals surface area contributed by atoms with Gasteiger partial charge in [0.05, 0.1) is 22.0 Å². The van der Waals surface area contributed by atoms with E-state index in [4.69, 9.17) is 4.74 Å². The van der Waals surface area contributed by atoms with Crippen LogP contribution in [-0.2, 0) is 27.7 Å². The maximum Gasteiger partial charge on any atom is 0.240 e. The van der Waals surface area contributed by atoms with Gasteiger partial charge in [0.1, 0.15) is 5.82 Å². The highest BCUT2D eigenvalue weighted by Gasteiger charge is 2.17. The fourth-order valence-corrected chi connectivity index (χ4v) is 4.82. The second-order valence-corrected chi connectivity index (χ2v) is 9.54. The Kier molecular flexibility index (Phi) is 6.69. The van der Waals surface area contributed by atoms with Crippen LogP contribution in [0.3, 0.4) is 0 Å². The Morgan fingerprint density at radius 2 is 1.62 bits per heavy atom. The summed E-state index contributed by atoms with van der Waals surface area (Å²) in [5, 5.41) is 0. The van der Waals surface area contributed by atoms with Gasteiger partial charge < -0.3 is 9.30 Å². The molecule has 0 radical (unpaired) electrons.